The summed E-state index contributed by atoms with van der Waals surface area (Å²) in [6, 6.07) is 6.15. The van der Waals surface area contributed by atoms with Crippen LogP contribution in [0.5, 0.6) is 11.5 Å². The Kier molecular flexibility index (Phi) is 5.48. The maximum Gasteiger partial charge on any atom is 0.161 e. The molecule has 1 aromatic rings. The lowest BCUT2D eigenvalue weighted by molar-refractivity contribution is 0.0567. The van der Waals surface area contributed by atoms with E-state index in [1.165, 1.54) is 12.8 Å². The largest absolute Gasteiger partial charge is 0.493 e. The first-order valence-corrected chi connectivity index (χ1v) is 7.69. The maximum atomic E-state index is 10.5. The summed E-state index contributed by atoms with van der Waals surface area (Å²) in [5, 5.41) is 10.5. The van der Waals surface area contributed by atoms with Gasteiger partial charge in [-0.05, 0) is 43.4 Å². The molecule has 1 N–H and O–H groups in total. The van der Waals surface area contributed by atoms with Gasteiger partial charge in [0.2, 0.25) is 0 Å². The van der Waals surface area contributed by atoms with E-state index in [9.17, 15) is 5.11 Å². The molecule has 0 amide bonds. The SMILES string of the molecule is COc1ccc(C(O)CN2CC(C)CCC2C)cc1OC. The number of hydrogen-bond acceptors (Lipinski definition) is 4. The van der Waals surface area contributed by atoms with Crippen molar-refractivity contribution >= 4 is 0 Å². The van der Waals surface area contributed by atoms with Crippen molar-refractivity contribution in [1.29, 1.82) is 0 Å². The second kappa shape index (κ2) is 7.14. The van der Waals surface area contributed by atoms with Gasteiger partial charge in [0, 0.05) is 19.1 Å². The van der Waals surface area contributed by atoms with Crippen LogP contribution in [0.2, 0.25) is 0 Å². The molecule has 0 aliphatic carbocycles. The Bertz CT molecular complexity index is 463. The van der Waals surface area contributed by atoms with Gasteiger partial charge in [0.15, 0.2) is 11.5 Å². The van der Waals surface area contributed by atoms with Crippen molar-refractivity contribution in [3.63, 3.8) is 0 Å². The third-order valence-corrected chi connectivity index (χ3v) is 4.45. The quantitative estimate of drug-likeness (QED) is 0.906. The number of likely N-dealkylation sites (tertiary alicyclic amines) is 1. The molecule has 0 saturated carbocycles. The van der Waals surface area contributed by atoms with Crippen LogP contribution in [0, 0.1) is 5.92 Å². The van der Waals surface area contributed by atoms with Gasteiger partial charge in [0.05, 0.1) is 20.3 Å². The molecule has 1 aliphatic rings. The molecule has 3 unspecified atom stereocenters. The van der Waals surface area contributed by atoms with E-state index in [2.05, 4.69) is 18.7 Å². The van der Waals surface area contributed by atoms with Crippen LogP contribution in [-0.4, -0.2) is 43.4 Å². The van der Waals surface area contributed by atoms with Crippen molar-refractivity contribution < 1.29 is 14.6 Å². The van der Waals surface area contributed by atoms with E-state index in [1.807, 2.05) is 18.2 Å². The number of nitrogens with zero attached hydrogens (tertiary/aromatic N) is 1. The molecule has 1 heterocycles. The predicted molar refractivity (Wildman–Crippen MR) is 83.9 cm³/mol. The summed E-state index contributed by atoms with van der Waals surface area (Å²) in [6.45, 7) is 6.25. The number of hydrogen-bond donors (Lipinski definition) is 1. The number of aliphatic hydroxyl groups excluding tert-OH is 1. The zero-order valence-electron chi connectivity index (χ0n) is 13.5. The van der Waals surface area contributed by atoms with Crippen LogP contribution in [-0.2, 0) is 0 Å². The smallest absolute Gasteiger partial charge is 0.161 e. The molecular formula is C17H27NO3. The normalized spacial score (nSPS) is 24.6. The van der Waals surface area contributed by atoms with Crippen molar-refractivity contribution in [3.8, 4) is 11.5 Å². The van der Waals surface area contributed by atoms with Gasteiger partial charge in [0.1, 0.15) is 0 Å². The molecule has 0 bridgehead atoms. The Labute approximate surface area is 127 Å². The Hall–Kier alpha value is -1.26. The summed E-state index contributed by atoms with van der Waals surface area (Å²) in [7, 11) is 3.23. The van der Waals surface area contributed by atoms with E-state index >= 15 is 0 Å². The summed E-state index contributed by atoms with van der Waals surface area (Å²) in [6.07, 6.45) is 1.99. The molecule has 1 aliphatic heterocycles. The number of ether oxygens (including phenoxy) is 2. The topological polar surface area (TPSA) is 41.9 Å². The fourth-order valence-electron chi connectivity index (χ4n) is 3.02. The lowest BCUT2D eigenvalue weighted by atomic mass is 9.94. The number of methoxy groups -OCH3 is 2. The van der Waals surface area contributed by atoms with Gasteiger partial charge in [-0.15, -0.1) is 0 Å². The van der Waals surface area contributed by atoms with E-state index in [0.29, 0.717) is 30.0 Å². The Morgan fingerprint density at radius 1 is 1.19 bits per heavy atom. The maximum absolute atomic E-state index is 10.5. The van der Waals surface area contributed by atoms with Gasteiger partial charge >= 0.3 is 0 Å². The van der Waals surface area contributed by atoms with Crippen LogP contribution in [0.15, 0.2) is 18.2 Å². The Morgan fingerprint density at radius 3 is 2.57 bits per heavy atom. The molecule has 2 rings (SSSR count). The van der Waals surface area contributed by atoms with Crippen LogP contribution in [0.4, 0.5) is 0 Å². The first-order valence-electron chi connectivity index (χ1n) is 7.69. The van der Waals surface area contributed by atoms with Gasteiger partial charge in [-0.25, -0.2) is 0 Å². The molecule has 4 nitrogen and oxygen atoms in total. The van der Waals surface area contributed by atoms with Gasteiger partial charge in [-0.3, -0.25) is 4.90 Å². The first kappa shape index (κ1) is 16.1. The first-order chi connectivity index (χ1) is 10.0. The minimum atomic E-state index is -0.502. The predicted octanol–water partition coefficient (Wildman–Crippen LogP) is 2.86. The highest BCUT2D eigenvalue weighted by Crippen LogP contribution is 2.31. The lowest BCUT2D eigenvalue weighted by Gasteiger charge is -2.37. The number of benzene rings is 1. The van der Waals surface area contributed by atoms with Gasteiger partial charge in [-0.1, -0.05) is 13.0 Å². The zero-order valence-corrected chi connectivity index (χ0v) is 13.5. The molecule has 3 atom stereocenters. The molecule has 1 saturated heterocycles. The molecule has 21 heavy (non-hydrogen) atoms. The fraction of sp³-hybridized carbons (Fsp3) is 0.647. The Morgan fingerprint density at radius 2 is 1.90 bits per heavy atom. The third kappa shape index (κ3) is 3.89. The highest BCUT2D eigenvalue weighted by molar-refractivity contribution is 5.43. The fourth-order valence-corrected chi connectivity index (χ4v) is 3.02. The van der Waals surface area contributed by atoms with E-state index in [1.54, 1.807) is 14.2 Å². The minimum Gasteiger partial charge on any atom is -0.493 e. The summed E-state index contributed by atoms with van der Waals surface area (Å²) in [4.78, 5) is 2.38. The van der Waals surface area contributed by atoms with Crippen LogP contribution < -0.4 is 9.47 Å². The van der Waals surface area contributed by atoms with E-state index in [0.717, 1.165) is 12.1 Å². The van der Waals surface area contributed by atoms with Crippen molar-refractivity contribution in [3.05, 3.63) is 23.8 Å². The highest BCUT2D eigenvalue weighted by Gasteiger charge is 2.25. The van der Waals surface area contributed by atoms with Crippen molar-refractivity contribution in [1.82, 2.24) is 4.90 Å². The third-order valence-electron chi connectivity index (χ3n) is 4.45. The van der Waals surface area contributed by atoms with Crippen LogP contribution in [0.1, 0.15) is 38.4 Å². The molecule has 4 heteroatoms. The average Bonchev–Trinajstić information content (AvgIpc) is 2.50. The molecule has 1 fully saturated rings. The van der Waals surface area contributed by atoms with Crippen molar-refractivity contribution in [2.45, 2.75) is 38.8 Å². The summed E-state index contributed by atoms with van der Waals surface area (Å²) in [5.41, 5.74) is 0.873. The Balaban J connectivity index is 2.07. The van der Waals surface area contributed by atoms with E-state index in [-0.39, 0.29) is 0 Å². The minimum absolute atomic E-state index is 0.502. The average molecular weight is 293 g/mol. The monoisotopic (exact) mass is 293 g/mol. The molecule has 118 valence electrons. The molecule has 0 aromatic heterocycles. The highest BCUT2D eigenvalue weighted by atomic mass is 16.5. The van der Waals surface area contributed by atoms with E-state index in [4.69, 9.17) is 9.47 Å². The van der Waals surface area contributed by atoms with Crippen molar-refractivity contribution in [2.24, 2.45) is 5.92 Å². The number of rotatable bonds is 5. The van der Waals surface area contributed by atoms with Crippen LogP contribution >= 0.6 is 0 Å². The summed E-state index contributed by atoms with van der Waals surface area (Å²) < 4.78 is 10.5. The molecule has 0 spiro atoms. The van der Waals surface area contributed by atoms with Gasteiger partial charge in [-0.2, -0.15) is 0 Å². The lowest BCUT2D eigenvalue weighted by Crippen LogP contribution is -2.43. The second-order valence-electron chi connectivity index (χ2n) is 6.12. The van der Waals surface area contributed by atoms with Gasteiger partial charge in [0.25, 0.3) is 0 Å². The van der Waals surface area contributed by atoms with Crippen LogP contribution in [0.3, 0.4) is 0 Å². The molecule has 0 radical (unpaired) electrons. The number of aliphatic hydroxyl groups is 1. The second-order valence-corrected chi connectivity index (χ2v) is 6.12. The van der Waals surface area contributed by atoms with Crippen LogP contribution in [0.25, 0.3) is 0 Å². The van der Waals surface area contributed by atoms with Gasteiger partial charge < -0.3 is 14.6 Å². The summed E-state index contributed by atoms with van der Waals surface area (Å²) in [5.74, 6) is 2.06. The molecule has 1 aromatic carbocycles. The van der Waals surface area contributed by atoms with Crippen molar-refractivity contribution in [2.75, 3.05) is 27.3 Å². The van der Waals surface area contributed by atoms with E-state index < -0.39 is 6.10 Å². The molecular weight excluding hydrogens is 266 g/mol. The standard InChI is InChI=1S/C17H27NO3/c1-12-5-6-13(2)18(10-12)11-15(19)14-7-8-16(20-3)17(9-14)21-4/h7-9,12-13,15,19H,5-6,10-11H2,1-4H3. The number of piperidine rings is 1. The number of β-amino-alcohol motifs (C(OH)–C–C–N with tert-alkyl or cyclic N) is 1. The summed E-state index contributed by atoms with van der Waals surface area (Å²) >= 11 is 0. The zero-order chi connectivity index (χ0) is 15.4.